The Balaban J connectivity index is 1.41. The van der Waals surface area contributed by atoms with Crippen LogP contribution in [0.25, 0.3) is 0 Å². The fourth-order valence-electron chi connectivity index (χ4n) is 6.68. The van der Waals surface area contributed by atoms with Crippen molar-refractivity contribution in [1.29, 1.82) is 5.26 Å². The quantitative estimate of drug-likeness (QED) is 0.388. The Kier molecular flexibility index (Phi) is 7.60. The lowest BCUT2D eigenvalue weighted by Gasteiger charge is -2.34. The van der Waals surface area contributed by atoms with Crippen LogP contribution in [0.4, 0.5) is 0 Å². The van der Waals surface area contributed by atoms with Gasteiger partial charge in [-0.25, -0.2) is 0 Å². The highest BCUT2D eigenvalue weighted by Gasteiger charge is 2.54. The second-order valence-electron chi connectivity index (χ2n) is 12.2. The number of thiophene rings is 2. The number of nitrogens with zero attached hydrogens (tertiary/aromatic N) is 7. The third kappa shape index (κ3) is 5.03. The molecule has 4 atom stereocenters. The van der Waals surface area contributed by atoms with Gasteiger partial charge in [0.25, 0.3) is 11.8 Å². The lowest BCUT2D eigenvalue weighted by atomic mass is 9.70. The number of hydrogen-bond acceptors (Lipinski definition) is 10. The molecule has 3 amide bonds. The number of aromatic amines is 1. The molecule has 1 saturated heterocycles. The van der Waals surface area contributed by atoms with Gasteiger partial charge >= 0.3 is 0 Å². The van der Waals surface area contributed by atoms with Crippen LogP contribution >= 0.6 is 22.7 Å². The number of amides is 3. The summed E-state index contributed by atoms with van der Waals surface area (Å²) in [4.78, 5) is 47.8. The van der Waals surface area contributed by atoms with E-state index in [0.29, 0.717) is 40.8 Å². The van der Waals surface area contributed by atoms with Crippen LogP contribution in [-0.2, 0) is 23.1 Å². The van der Waals surface area contributed by atoms with Gasteiger partial charge in [-0.2, -0.15) is 10.5 Å². The van der Waals surface area contributed by atoms with E-state index in [1.165, 1.54) is 22.7 Å². The highest BCUT2D eigenvalue weighted by molar-refractivity contribution is 7.15. The first-order valence-corrected chi connectivity index (χ1v) is 16.1. The van der Waals surface area contributed by atoms with Crippen LogP contribution in [0, 0.1) is 17.2 Å². The minimum atomic E-state index is -0.934. The molecule has 3 aromatic heterocycles. The fourth-order valence-corrected chi connectivity index (χ4v) is 9.20. The summed E-state index contributed by atoms with van der Waals surface area (Å²) in [6.07, 6.45) is 3.59. The van der Waals surface area contributed by atoms with Crippen LogP contribution < -0.4 is 5.32 Å². The summed E-state index contributed by atoms with van der Waals surface area (Å²) in [5.74, 6) is 0.669. The van der Waals surface area contributed by atoms with E-state index in [1.54, 1.807) is 42.9 Å². The van der Waals surface area contributed by atoms with Crippen molar-refractivity contribution in [2.45, 2.75) is 62.6 Å². The summed E-state index contributed by atoms with van der Waals surface area (Å²) < 4.78 is 0. The molecule has 2 aliphatic carbocycles. The number of piperidine rings is 1. The maximum absolute atomic E-state index is 13.3. The van der Waals surface area contributed by atoms with Gasteiger partial charge in [-0.05, 0) is 68.2 Å². The van der Waals surface area contributed by atoms with Crippen molar-refractivity contribution in [3.8, 4) is 6.07 Å². The molecule has 3 aliphatic rings. The molecule has 0 radical (unpaired) electrons. The number of nitriles is 1. The Labute approximate surface area is 258 Å². The molecule has 6 rings (SSSR count). The lowest BCUT2D eigenvalue weighted by molar-refractivity contribution is -0.131. The minimum Gasteiger partial charge on any atom is -0.344 e. The fraction of sp³-hybridized carbons (Fsp3) is 0.552. The average Bonchev–Trinajstić information content (AvgIpc) is 3.48. The molecule has 0 aromatic carbocycles. The van der Waals surface area contributed by atoms with E-state index in [0.717, 1.165) is 33.7 Å². The van der Waals surface area contributed by atoms with E-state index in [4.69, 9.17) is 0 Å². The van der Waals surface area contributed by atoms with Gasteiger partial charge in [-0.1, -0.05) is 5.21 Å². The Hall–Kier alpha value is -3.67. The second kappa shape index (κ2) is 11.1. The number of tetrazole rings is 1. The molecule has 3 aromatic rings. The van der Waals surface area contributed by atoms with Gasteiger partial charge in [0.1, 0.15) is 6.04 Å². The van der Waals surface area contributed by atoms with Crippen LogP contribution in [0.15, 0.2) is 12.1 Å². The number of carbonyl (C=O) groups is 3. The van der Waals surface area contributed by atoms with Crippen LogP contribution in [0.5, 0.6) is 0 Å². The second-order valence-corrected chi connectivity index (χ2v) is 14.4. The molecular formula is C29H35N9O3S2. The largest absolute Gasteiger partial charge is 0.344 e. The van der Waals surface area contributed by atoms with Gasteiger partial charge in [-0.3, -0.25) is 14.4 Å². The van der Waals surface area contributed by atoms with E-state index in [9.17, 15) is 19.6 Å². The number of fused-ring (bicyclic) bond motifs is 3. The van der Waals surface area contributed by atoms with Gasteiger partial charge in [0, 0.05) is 50.0 Å². The van der Waals surface area contributed by atoms with Crippen LogP contribution in [0.2, 0.25) is 0 Å². The summed E-state index contributed by atoms with van der Waals surface area (Å²) in [5, 5.41) is 28.6. The van der Waals surface area contributed by atoms with Gasteiger partial charge in [0.05, 0.1) is 27.8 Å². The predicted octanol–water partition coefficient (Wildman–Crippen LogP) is 2.04. The van der Waals surface area contributed by atoms with E-state index in [-0.39, 0.29) is 42.4 Å². The normalized spacial score (nSPS) is 22.0. The highest BCUT2D eigenvalue weighted by Crippen LogP contribution is 2.51. The zero-order chi connectivity index (χ0) is 30.6. The van der Waals surface area contributed by atoms with Crippen LogP contribution in [-0.4, -0.2) is 106 Å². The van der Waals surface area contributed by atoms with E-state index in [1.807, 2.05) is 19.1 Å². The average molecular weight is 622 g/mol. The maximum atomic E-state index is 13.3. The maximum Gasteiger partial charge on any atom is 0.263 e. The van der Waals surface area contributed by atoms with Gasteiger partial charge < -0.3 is 20.0 Å². The number of likely N-dealkylation sites (tertiary alicyclic amines) is 1. The third-order valence-electron chi connectivity index (χ3n) is 8.83. The van der Waals surface area contributed by atoms with Gasteiger partial charge in [-0.15, -0.1) is 32.9 Å². The van der Waals surface area contributed by atoms with Crippen molar-refractivity contribution >= 4 is 40.4 Å². The first kappa shape index (κ1) is 29.4. The molecule has 0 bridgehead atoms. The molecule has 2 fully saturated rings. The lowest BCUT2D eigenvalue weighted by Crippen LogP contribution is -2.46. The first-order valence-electron chi connectivity index (χ1n) is 14.4. The predicted molar refractivity (Wildman–Crippen MR) is 161 cm³/mol. The molecule has 4 heterocycles. The molecule has 14 heteroatoms. The number of aromatic nitrogens is 4. The highest BCUT2D eigenvalue weighted by atomic mass is 32.1. The van der Waals surface area contributed by atoms with Crippen molar-refractivity contribution in [3.63, 3.8) is 0 Å². The number of carbonyl (C=O) groups excluding carboxylic acids is 3. The van der Waals surface area contributed by atoms with E-state index in [2.05, 4.69) is 32.0 Å². The summed E-state index contributed by atoms with van der Waals surface area (Å²) in [5.41, 5.74) is 0.917. The van der Waals surface area contributed by atoms with Crippen molar-refractivity contribution in [2.24, 2.45) is 5.92 Å². The van der Waals surface area contributed by atoms with Crippen molar-refractivity contribution < 1.29 is 14.4 Å². The summed E-state index contributed by atoms with van der Waals surface area (Å²) >= 11 is 2.97. The molecule has 1 unspecified atom stereocenters. The minimum absolute atomic E-state index is 0.0666. The van der Waals surface area contributed by atoms with Crippen molar-refractivity contribution in [3.05, 3.63) is 48.6 Å². The monoisotopic (exact) mass is 621 g/mol. The molecular weight excluding hydrogens is 587 g/mol. The zero-order valence-corrected chi connectivity index (χ0v) is 26.5. The topological polar surface area (TPSA) is 151 Å². The number of H-pyrrole nitrogens is 1. The number of hydrogen-bond donors (Lipinski definition) is 2. The Morgan fingerprint density at radius 3 is 2.21 bits per heavy atom. The van der Waals surface area contributed by atoms with Crippen molar-refractivity contribution in [1.82, 2.24) is 40.6 Å². The van der Waals surface area contributed by atoms with Crippen molar-refractivity contribution in [2.75, 3.05) is 34.7 Å². The van der Waals surface area contributed by atoms with Gasteiger partial charge in [0.2, 0.25) is 5.91 Å². The summed E-state index contributed by atoms with van der Waals surface area (Å²) in [6, 6.07) is 5.81. The smallest absolute Gasteiger partial charge is 0.263 e. The molecule has 2 N–H and O–H groups in total. The Bertz CT molecular complexity index is 1540. The Morgan fingerprint density at radius 1 is 1.09 bits per heavy atom. The zero-order valence-electron chi connectivity index (χ0n) is 24.9. The standard InChI is InChI=1S/C29H35N9O3S2/c1-15(31-14-25(39)38-17(13-30)8-16-9-20(16)38)12-29(28-32-34-35-33-28)18-10-23(26(40)36(2)3)42-21(18)6-7-22-19(29)11-24(43-22)27(41)37(4)5/h10-11,15-17,20,31H,6-9,12,14H2,1-5H3,(H,32,33,34,35)/t15-,16+,17?,20-/m0/s1. The Morgan fingerprint density at radius 2 is 1.70 bits per heavy atom. The molecule has 12 nitrogen and oxygen atoms in total. The van der Waals surface area contributed by atoms with Gasteiger partial charge in [0.15, 0.2) is 5.82 Å². The van der Waals surface area contributed by atoms with Crippen LogP contribution in [0.3, 0.4) is 0 Å². The summed E-state index contributed by atoms with van der Waals surface area (Å²) in [7, 11) is 6.94. The first-order chi connectivity index (χ1) is 20.5. The number of aryl methyl sites for hydroxylation is 2. The number of rotatable bonds is 8. The third-order valence-corrected chi connectivity index (χ3v) is 11.2. The van der Waals surface area contributed by atoms with Crippen LogP contribution in [0.1, 0.15) is 72.2 Å². The summed E-state index contributed by atoms with van der Waals surface area (Å²) in [6.45, 7) is 2.12. The van der Waals surface area contributed by atoms with E-state index < -0.39 is 5.41 Å². The molecule has 0 spiro atoms. The molecule has 1 saturated carbocycles. The van der Waals surface area contributed by atoms with E-state index >= 15 is 0 Å². The number of nitrogens with one attached hydrogen (secondary N) is 2. The molecule has 43 heavy (non-hydrogen) atoms. The SMILES string of the molecule is C[C@@H](CC1(c2nn[nH]n2)c2cc(C(=O)N(C)C)sc2CCc2sc(C(=O)N(C)C)cc21)NCC(=O)N1C(C#N)C[C@@H]2C[C@@H]21. The molecule has 1 aliphatic heterocycles. The molecule has 226 valence electrons.